The average molecular weight is 291 g/mol. The number of carbonyl (C=O) groups is 1. The van der Waals surface area contributed by atoms with E-state index in [1.165, 1.54) is 7.11 Å². The zero-order valence-electron chi connectivity index (χ0n) is 10.00. The van der Waals surface area contributed by atoms with Gasteiger partial charge in [-0.2, -0.15) is 0 Å². The first-order chi connectivity index (χ1) is 7.45. The SMILES string of the molecule is CC[C@H](O)[C@@]1(C)CC[C@@H](C(=O)OC)C=C1Br. The van der Waals surface area contributed by atoms with Gasteiger partial charge in [0.05, 0.1) is 19.1 Å². The van der Waals surface area contributed by atoms with Gasteiger partial charge < -0.3 is 9.84 Å². The molecule has 16 heavy (non-hydrogen) atoms. The zero-order valence-corrected chi connectivity index (χ0v) is 11.6. The summed E-state index contributed by atoms with van der Waals surface area (Å²) in [7, 11) is 1.40. The summed E-state index contributed by atoms with van der Waals surface area (Å²) in [6.07, 6.45) is 3.72. The van der Waals surface area contributed by atoms with Crippen LogP contribution in [0.3, 0.4) is 0 Å². The fourth-order valence-corrected chi connectivity index (χ4v) is 2.92. The van der Waals surface area contributed by atoms with Gasteiger partial charge in [0.15, 0.2) is 0 Å². The highest BCUT2D eigenvalue weighted by atomic mass is 79.9. The Morgan fingerprint density at radius 1 is 1.81 bits per heavy atom. The van der Waals surface area contributed by atoms with Gasteiger partial charge in [-0.15, -0.1) is 0 Å². The van der Waals surface area contributed by atoms with Crippen molar-refractivity contribution in [3.8, 4) is 0 Å². The van der Waals surface area contributed by atoms with Gasteiger partial charge >= 0.3 is 5.97 Å². The van der Waals surface area contributed by atoms with E-state index in [0.717, 1.165) is 17.3 Å². The molecule has 4 heteroatoms. The smallest absolute Gasteiger partial charge is 0.312 e. The minimum Gasteiger partial charge on any atom is -0.469 e. The second-order valence-corrected chi connectivity index (χ2v) is 5.38. The molecule has 0 saturated carbocycles. The lowest BCUT2D eigenvalue weighted by Crippen LogP contribution is -2.36. The van der Waals surface area contributed by atoms with Gasteiger partial charge in [0, 0.05) is 9.90 Å². The van der Waals surface area contributed by atoms with Crippen LogP contribution in [0.1, 0.15) is 33.1 Å². The first kappa shape index (κ1) is 13.7. The third kappa shape index (κ3) is 2.48. The van der Waals surface area contributed by atoms with E-state index in [2.05, 4.69) is 15.9 Å². The molecule has 0 aromatic heterocycles. The summed E-state index contributed by atoms with van der Waals surface area (Å²) in [5, 5.41) is 10.0. The molecule has 0 radical (unpaired) electrons. The first-order valence-electron chi connectivity index (χ1n) is 5.59. The van der Waals surface area contributed by atoms with Gasteiger partial charge in [-0.1, -0.05) is 35.9 Å². The molecule has 0 unspecified atom stereocenters. The van der Waals surface area contributed by atoms with Gasteiger partial charge in [-0.3, -0.25) is 4.79 Å². The van der Waals surface area contributed by atoms with E-state index in [1.54, 1.807) is 0 Å². The highest BCUT2D eigenvalue weighted by Gasteiger charge is 2.39. The van der Waals surface area contributed by atoms with Crippen LogP contribution in [0.2, 0.25) is 0 Å². The predicted molar refractivity (Wildman–Crippen MR) is 66.2 cm³/mol. The van der Waals surface area contributed by atoms with Gasteiger partial charge in [0.1, 0.15) is 0 Å². The van der Waals surface area contributed by atoms with E-state index in [1.807, 2.05) is 19.9 Å². The molecule has 1 aliphatic rings. The number of methoxy groups -OCH3 is 1. The van der Waals surface area contributed by atoms with Crippen molar-refractivity contribution in [1.29, 1.82) is 0 Å². The van der Waals surface area contributed by atoms with E-state index < -0.39 is 0 Å². The van der Waals surface area contributed by atoms with Crippen LogP contribution < -0.4 is 0 Å². The third-order valence-corrected chi connectivity index (χ3v) is 4.66. The number of carbonyl (C=O) groups excluding carboxylic acids is 1. The lowest BCUT2D eigenvalue weighted by Gasteiger charge is -2.38. The summed E-state index contributed by atoms with van der Waals surface area (Å²) in [4.78, 5) is 11.4. The van der Waals surface area contributed by atoms with E-state index in [4.69, 9.17) is 4.74 Å². The minimum absolute atomic E-state index is 0.184. The summed E-state index contributed by atoms with van der Waals surface area (Å²) < 4.78 is 5.64. The molecule has 1 aliphatic carbocycles. The Morgan fingerprint density at radius 2 is 2.44 bits per heavy atom. The molecule has 1 rings (SSSR count). The Bertz CT molecular complexity index is 301. The van der Waals surface area contributed by atoms with Crippen molar-refractivity contribution in [2.24, 2.45) is 11.3 Å². The van der Waals surface area contributed by atoms with Crippen molar-refractivity contribution >= 4 is 21.9 Å². The molecule has 0 fully saturated rings. The molecule has 92 valence electrons. The predicted octanol–water partition coefficient (Wildman–Crippen LogP) is 2.63. The Hall–Kier alpha value is -0.350. The Labute approximate surface area is 105 Å². The molecular formula is C12H19BrO3. The third-order valence-electron chi connectivity index (χ3n) is 3.49. The Morgan fingerprint density at radius 3 is 2.88 bits per heavy atom. The molecule has 3 nitrogen and oxygen atoms in total. The van der Waals surface area contributed by atoms with Gasteiger partial charge in [0.25, 0.3) is 0 Å². The van der Waals surface area contributed by atoms with Crippen LogP contribution in [0.25, 0.3) is 0 Å². The van der Waals surface area contributed by atoms with E-state index >= 15 is 0 Å². The van der Waals surface area contributed by atoms with Gasteiger partial charge in [-0.05, 0) is 19.3 Å². The standard InChI is InChI=1S/C12H19BrO3/c1-4-10(14)12(2)6-5-8(7-9(12)13)11(15)16-3/h7-8,10,14H,4-6H2,1-3H3/t8-,10+,12+/m1/s1. The zero-order chi connectivity index (χ0) is 12.3. The number of hydrogen-bond acceptors (Lipinski definition) is 3. The van der Waals surface area contributed by atoms with Crippen molar-refractivity contribution in [3.05, 3.63) is 10.6 Å². The number of esters is 1. The molecule has 0 bridgehead atoms. The number of hydrogen-bond donors (Lipinski definition) is 1. The van der Waals surface area contributed by atoms with Crippen LogP contribution in [0.4, 0.5) is 0 Å². The molecule has 3 atom stereocenters. The van der Waals surface area contributed by atoms with Crippen molar-refractivity contribution in [2.45, 2.75) is 39.2 Å². The van der Waals surface area contributed by atoms with Gasteiger partial charge in [0.2, 0.25) is 0 Å². The van der Waals surface area contributed by atoms with Crippen molar-refractivity contribution in [2.75, 3.05) is 7.11 Å². The number of rotatable bonds is 3. The van der Waals surface area contributed by atoms with Crippen molar-refractivity contribution in [1.82, 2.24) is 0 Å². The van der Waals surface area contributed by atoms with Crippen LogP contribution in [0.5, 0.6) is 0 Å². The highest BCUT2D eigenvalue weighted by Crippen LogP contribution is 2.45. The average Bonchev–Trinajstić information content (AvgIpc) is 2.30. The van der Waals surface area contributed by atoms with Crippen LogP contribution in [0, 0.1) is 11.3 Å². The Kier molecular flexibility index (Phi) is 4.56. The summed E-state index contributed by atoms with van der Waals surface area (Å²) in [6, 6.07) is 0. The Balaban J connectivity index is 2.87. The lowest BCUT2D eigenvalue weighted by molar-refractivity contribution is -0.144. The largest absolute Gasteiger partial charge is 0.469 e. The number of aliphatic hydroxyl groups excluding tert-OH is 1. The van der Waals surface area contributed by atoms with Gasteiger partial charge in [-0.25, -0.2) is 0 Å². The maximum atomic E-state index is 11.4. The van der Waals surface area contributed by atoms with Crippen LogP contribution in [0.15, 0.2) is 10.6 Å². The normalized spacial score (nSPS) is 31.8. The number of ether oxygens (including phenoxy) is 1. The monoisotopic (exact) mass is 290 g/mol. The molecule has 0 aromatic carbocycles. The second kappa shape index (κ2) is 5.32. The summed E-state index contributed by atoms with van der Waals surface area (Å²) >= 11 is 3.48. The summed E-state index contributed by atoms with van der Waals surface area (Å²) in [6.45, 7) is 3.98. The molecule has 0 heterocycles. The summed E-state index contributed by atoms with van der Waals surface area (Å²) in [5.41, 5.74) is -0.265. The van der Waals surface area contributed by atoms with E-state index in [0.29, 0.717) is 6.42 Å². The topological polar surface area (TPSA) is 46.5 Å². The highest BCUT2D eigenvalue weighted by molar-refractivity contribution is 9.11. The molecule has 0 aliphatic heterocycles. The lowest BCUT2D eigenvalue weighted by atomic mass is 9.72. The molecular weight excluding hydrogens is 272 g/mol. The second-order valence-electron chi connectivity index (χ2n) is 4.52. The fourth-order valence-electron chi connectivity index (χ4n) is 2.14. The quantitative estimate of drug-likeness (QED) is 0.813. The molecule has 0 spiro atoms. The maximum Gasteiger partial charge on any atom is 0.312 e. The van der Waals surface area contributed by atoms with Crippen LogP contribution in [-0.2, 0) is 9.53 Å². The summed E-state index contributed by atoms with van der Waals surface area (Å²) in [5.74, 6) is -0.388. The van der Waals surface area contributed by atoms with Crippen molar-refractivity contribution in [3.63, 3.8) is 0 Å². The van der Waals surface area contributed by atoms with Crippen LogP contribution in [-0.4, -0.2) is 24.3 Å². The molecule has 0 saturated heterocycles. The molecule has 1 N–H and O–H groups in total. The van der Waals surface area contributed by atoms with Crippen LogP contribution >= 0.6 is 15.9 Å². The van der Waals surface area contributed by atoms with E-state index in [-0.39, 0.29) is 23.4 Å². The van der Waals surface area contributed by atoms with Crippen molar-refractivity contribution < 1.29 is 14.6 Å². The minimum atomic E-state index is -0.378. The fraction of sp³-hybridized carbons (Fsp3) is 0.750. The van der Waals surface area contributed by atoms with E-state index in [9.17, 15) is 9.90 Å². The molecule has 0 amide bonds. The number of halogens is 1. The number of aliphatic hydroxyl groups is 1. The molecule has 0 aromatic rings. The first-order valence-corrected chi connectivity index (χ1v) is 6.38. The maximum absolute atomic E-state index is 11.4.